The smallest absolute Gasteiger partial charge is 0.158 e. The molecule has 108 valence electrons. The molecule has 0 radical (unpaired) electrons. The van der Waals surface area contributed by atoms with Crippen LogP contribution in [0.15, 0.2) is 17.5 Å². The first kappa shape index (κ1) is 14.7. The number of nitrogens with zero attached hydrogens (tertiary/aromatic N) is 2. The lowest BCUT2D eigenvalue weighted by molar-refractivity contribution is 0.178. The van der Waals surface area contributed by atoms with Crippen molar-refractivity contribution in [2.75, 3.05) is 24.8 Å². The van der Waals surface area contributed by atoms with E-state index in [1.165, 1.54) is 10.4 Å². The van der Waals surface area contributed by atoms with Crippen molar-refractivity contribution in [3.05, 3.63) is 33.8 Å². The zero-order valence-corrected chi connectivity index (χ0v) is 12.9. The topological polar surface area (TPSA) is 59.1 Å². The van der Waals surface area contributed by atoms with Gasteiger partial charge in [-0.3, -0.25) is 0 Å². The Morgan fingerprint density at radius 3 is 2.80 bits per heavy atom. The minimum atomic E-state index is 0.406. The summed E-state index contributed by atoms with van der Waals surface area (Å²) >= 11 is 1.77. The van der Waals surface area contributed by atoms with E-state index in [0.717, 1.165) is 24.6 Å². The molecule has 0 atom stereocenters. The summed E-state index contributed by atoms with van der Waals surface area (Å²) in [5.41, 5.74) is 1.39. The maximum atomic E-state index is 5.09. The maximum Gasteiger partial charge on any atom is 0.158 e. The average Bonchev–Trinajstić information content (AvgIpc) is 2.92. The molecule has 0 aliphatic carbocycles. The van der Waals surface area contributed by atoms with Gasteiger partial charge in [-0.25, -0.2) is 9.97 Å². The minimum absolute atomic E-state index is 0.406. The number of hydrogen-bond donors (Lipinski definition) is 2. The van der Waals surface area contributed by atoms with Crippen molar-refractivity contribution in [2.24, 2.45) is 0 Å². The highest BCUT2D eigenvalue weighted by atomic mass is 32.1. The van der Waals surface area contributed by atoms with Gasteiger partial charge in [-0.05, 0) is 23.4 Å². The maximum absolute atomic E-state index is 5.09. The Labute approximate surface area is 123 Å². The Kier molecular flexibility index (Phi) is 5.31. The van der Waals surface area contributed by atoms with Crippen LogP contribution in [0.5, 0.6) is 0 Å². The van der Waals surface area contributed by atoms with Crippen molar-refractivity contribution in [3.63, 3.8) is 0 Å². The molecule has 2 heterocycles. The van der Waals surface area contributed by atoms with Crippen LogP contribution in [0.4, 0.5) is 11.6 Å². The van der Waals surface area contributed by atoms with Crippen molar-refractivity contribution >= 4 is 23.0 Å². The molecule has 0 saturated carbocycles. The fraction of sp³-hybridized carbons (Fsp3) is 0.429. The quantitative estimate of drug-likeness (QED) is 0.821. The van der Waals surface area contributed by atoms with Crippen molar-refractivity contribution in [1.29, 1.82) is 0 Å². The Bertz CT molecular complexity index is 556. The zero-order chi connectivity index (χ0) is 14.4. The molecule has 2 aromatic heterocycles. The number of nitrogens with one attached hydrogen (secondary N) is 2. The van der Waals surface area contributed by atoms with Crippen LogP contribution in [-0.4, -0.2) is 24.1 Å². The summed E-state index contributed by atoms with van der Waals surface area (Å²) < 4.78 is 5.09. The molecule has 20 heavy (non-hydrogen) atoms. The van der Waals surface area contributed by atoms with E-state index < -0.39 is 0 Å². The molecule has 6 heteroatoms. The highest BCUT2D eigenvalue weighted by molar-refractivity contribution is 7.10. The lowest BCUT2D eigenvalue weighted by atomic mass is 10.2. The molecule has 0 saturated heterocycles. The molecule has 0 aliphatic rings. The molecule has 2 aromatic rings. The van der Waals surface area contributed by atoms with Crippen LogP contribution in [0, 0.1) is 0 Å². The van der Waals surface area contributed by atoms with Crippen LogP contribution in [0.3, 0.4) is 0 Å². The molecular formula is C14H20N4OS. The lowest BCUT2D eigenvalue weighted by Gasteiger charge is -2.09. The Balaban J connectivity index is 2.10. The standard InChI is InChI=1S/C14H20N4OS/c1-4-10-5-6-20-11(10)8-16-13-7-12(15-2)17-14(18-13)9-19-3/h5-7H,4,8-9H2,1-3H3,(H2,15,16,17,18). The number of aryl methyl sites for hydroxylation is 1. The second-order valence-electron chi connectivity index (χ2n) is 4.31. The molecule has 0 fully saturated rings. The van der Waals surface area contributed by atoms with Crippen LogP contribution in [0.2, 0.25) is 0 Å². The number of hydrogen-bond acceptors (Lipinski definition) is 6. The molecule has 0 aromatic carbocycles. The zero-order valence-electron chi connectivity index (χ0n) is 12.1. The first-order valence-electron chi connectivity index (χ1n) is 6.60. The molecule has 0 unspecified atom stereocenters. The van der Waals surface area contributed by atoms with Gasteiger partial charge in [-0.2, -0.15) is 0 Å². The molecule has 5 nitrogen and oxygen atoms in total. The Morgan fingerprint density at radius 1 is 1.30 bits per heavy atom. The third kappa shape index (κ3) is 3.68. The van der Waals surface area contributed by atoms with E-state index >= 15 is 0 Å². The van der Waals surface area contributed by atoms with Gasteiger partial charge in [-0.15, -0.1) is 11.3 Å². The van der Waals surface area contributed by atoms with Gasteiger partial charge in [0.2, 0.25) is 0 Å². The van der Waals surface area contributed by atoms with E-state index in [2.05, 4.69) is 39.0 Å². The lowest BCUT2D eigenvalue weighted by Crippen LogP contribution is -2.07. The third-order valence-electron chi connectivity index (χ3n) is 2.95. The number of anilines is 2. The van der Waals surface area contributed by atoms with Crippen molar-refractivity contribution < 1.29 is 4.74 Å². The predicted octanol–water partition coefficient (Wildman–Crippen LogP) is 2.90. The summed E-state index contributed by atoms with van der Waals surface area (Å²) in [6.07, 6.45) is 1.06. The van der Waals surface area contributed by atoms with Crippen molar-refractivity contribution in [3.8, 4) is 0 Å². The van der Waals surface area contributed by atoms with Crippen LogP contribution in [0.25, 0.3) is 0 Å². The van der Waals surface area contributed by atoms with Crippen molar-refractivity contribution in [2.45, 2.75) is 26.5 Å². The SMILES string of the molecule is CCc1ccsc1CNc1cc(NC)nc(COC)n1. The molecular weight excluding hydrogens is 272 g/mol. The highest BCUT2D eigenvalue weighted by Gasteiger charge is 2.06. The molecule has 2 N–H and O–H groups in total. The summed E-state index contributed by atoms with van der Waals surface area (Å²) in [6, 6.07) is 4.08. The molecule has 0 amide bonds. The van der Waals surface area contributed by atoms with Crippen molar-refractivity contribution in [1.82, 2.24) is 9.97 Å². The number of methoxy groups -OCH3 is 1. The molecule has 0 aliphatic heterocycles. The Hall–Kier alpha value is -1.66. The van der Waals surface area contributed by atoms with E-state index in [-0.39, 0.29) is 0 Å². The minimum Gasteiger partial charge on any atom is -0.377 e. The largest absolute Gasteiger partial charge is 0.377 e. The molecule has 2 rings (SSSR count). The summed E-state index contributed by atoms with van der Waals surface area (Å²) in [5.74, 6) is 2.27. The highest BCUT2D eigenvalue weighted by Crippen LogP contribution is 2.19. The fourth-order valence-electron chi connectivity index (χ4n) is 1.92. The summed E-state index contributed by atoms with van der Waals surface area (Å²) in [5, 5.41) is 8.53. The number of thiophene rings is 1. The van der Waals surface area contributed by atoms with E-state index in [1.54, 1.807) is 18.4 Å². The van der Waals surface area contributed by atoms with Gasteiger partial charge >= 0.3 is 0 Å². The number of ether oxygens (including phenoxy) is 1. The normalized spacial score (nSPS) is 10.6. The first-order chi connectivity index (χ1) is 9.76. The second kappa shape index (κ2) is 7.21. The van der Waals surface area contributed by atoms with Crippen LogP contribution >= 0.6 is 11.3 Å². The fourth-order valence-corrected chi connectivity index (χ4v) is 2.83. The first-order valence-corrected chi connectivity index (χ1v) is 7.48. The van der Waals surface area contributed by atoms with Crippen LogP contribution < -0.4 is 10.6 Å². The van der Waals surface area contributed by atoms with Gasteiger partial charge in [0.15, 0.2) is 5.82 Å². The van der Waals surface area contributed by atoms with E-state index in [9.17, 15) is 0 Å². The van der Waals surface area contributed by atoms with Gasteiger partial charge in [-0.1, -0.05) is 6.92 Å². The van der Waals surface area contributed by atoms with Gasteiger partial charge in [0, 0.05) is 25.1 Å². The van der Waals surface area contributed by atoms with Crippen LogP contribution in [0.1, 0.15) is 23.2 Å². The summed E-state index contributed by atoms with van der Waals surface area (Å²) in [6.45, 7) is 3.36. The van der Waals surface area contributed by atoms with E-state index in [4.69, 9.17) is 4.74 Å². The van der Waals surface area contributed by atoms with Gasteiger partial charge in [0.05, 0.1) is 6.54 Å². The average molecular weight is 292 g/mol. The van der Waals surface area contributed by atoms with Crippen LogP contribution in [-0.2, 0) is 24.3 Å². The van der Waals surface area contributed by atoms with E-state index in [1.807, 2.05) is 13.1 Å². The summed E-state index contributed by atoms with van der Waals surface area (Å²) in [4.78, 5) is 10.1. The summed E-state index contributed by atoms with van der Waals surface area (Å²) in [7, 11) is 3.48. The molecule has 0 bridgehead atoms. The Morgan fingerprint density at radius 2 is 2.10 bits per heavy atom. The van der Waals surface area contributed by atoms with Gasteiger partial charge in [0.1, 0.15) is 18.2 Å². The number of rotatable bonds is 7. The monoisotopic (exact) mass is 292 g/mol. The van der Waals surface area contributed by atoms with E-state index in [0.29, 0.717) is 12.4 Å². The molecule has 0 spiro atoms. The number of aromatic nitrogens is 2. The van der Waals surface area contributed by atoms with Gasteiger partial charge in [0.25, 0.3) is 0 Å². The van der Waals surface area contributed by atoms with Gasteiger partial charge < -0.3 is 15.4 Å². The predicted molar refractivity (Wildman–Crippen MR) is 83.3 cm³/mol. The second-order valence-corrected chi connectivity index (χ2v) is 5.31. The third-order valence-corrected chi connectivity index (χ3v) is 3.91.